The molecule has 19 nitrogen and oxygen atoms in total. The quantitative estimate of drug-likeness (QED) is 0.0199. The third-order valence-corrected chi connectivity index (χ3v) is 20.5. The molecule has 0 aromatic carbocycles. The highest BCUT2D eigenvalue weighted by atomic mass is 16.8. The Morgan fingerprint density at radius 2 is 0.657 bits per heavy atom. The van der Waals surface area contributed by atoms with Crippen LogP contribution in [-0.2, 0) is 33.2 Å². The molecule has 3 saturated heterocycles. The zero-order valence-electron chi connectivity index (χ0n) is 63.8. The van der Waals surface area contributed by atoms with Gasteiger partial charge in [-0.25, -0.2) is 0 Å². The number of allylic oxidation sites excluding steroid dienone is 9. The molecule has 102 heavy (non-hydrogen) atoms. The zero-order chi connectivity index (χ0) is 73.9. The summed E-state index contributed by atoms with van der Waals surface area (Å²) in [5.74, 6) is -0.285. The van der Waals surface area contributed by atoms with Crippen LogP contribution in [0.1, 0.15) is 328 Å². The first-order chi connectivity index (χ1) is 49.8. The van der Waals surface area contributed by atoms with Crippen molar-refractivity contribution in [2.45, 2.75) is 433 Å². The Morgan fingerprint density at radius 1 is 0.353 bits per heavy atom. The molecule has 0 radical (unpaired) electrons. The molecule has 1 amide bonds. The highest BCUT2D eigenvalue weighted by Gasteiger charge is 2.54. The molecule has 19 heteroatoms. The van der Waals surface area contributed by atoms with Gasteiger partial charge in [0, 0.05) is 6.42 Å². The molecular weight excluding hydrogens is 1300 g/mol. The van der Waals surface area contributed by atoms with Gasteiger partial charge in [0.2, 0.25) is 5.91 Å². The Labute approximate surface area is 617 Å². The molecule has 17 unspecified atom stereocenters. The third-order valence-electron chi connectivity index (χ3n) is 20.5. The Bertz CT molecular complexity index is 2080. The number of aliphatic hydroxyl groups is 11. The van der Waals surface area contributed by atoms with Crippen molar-refractivity contribution in [3.05, 3.63) is 60.8 Å². The van der Waals surface area contributed by atoms with E-state index in [-0.39, 0.29) is 18.9 Å². The van der Waals surface area contributed by atoms with Gasteiger partial charge in [-0.3, -0.25) is 4.79 Å². The second-order valence-corrected chi connectivity index (χ2v) is 29.6. The van der Waals surface area contributed by atoms with Crippen LogP contribution in [0.5, 0.6) is 0 Å². The lowest BCUT2D eigenvalue weighted by molar-refractivity contribution is -0.379. The van der Waals surface area contributed by atoms with E-state index in [0.717, 1.165) is 51.4 Å². The summed E-state index contributed by atoms with van der Waals surface area (Å²) in [6.45, 7) is 1.73. The predicted octanol–water partition coefficient (Wildman–Crippen LogP) is 14.2. The van der Waals surface area contributed by atoms with Gasteiger partial charge >= 0.3 is 0 Å². The maximum atomic E-state index is 13.5. The van der Waals surface area contributed by atoms with Crippen LogP contribution in [0, 0.1) is 0 Å². The molecule has 0 saturated carbocycles. The molecule has 3 heterocycles. The van der Waals surface area contributed by atoms with Crippen LogP contribution in [0.2, 0.25) is 0 Å². The van der Waals surface area contributed by atoms with Crippen molar-refractivity contribution < 1.29 is 89.4 Å². The maximum Gasteiger partial charge on any atom is 0.220 e. The topological polar surface area (TPSA) is 307 Å². The second kappa shape index (κ2) is 63.4. The van der Waals surface area contributed by atoms with Gasteiger partial charge in [-0.05, 0) is 77.0 Å². The van der Waals surface area contributed by atoms with Crippen molar-refractivity contribution in [3.63, 3.8) is 0 Å². The number of aliphatic hydroxyl groups excluding tert-OH is 11. The molecule has 0 aromatic heterocycles. The van der Waals surface area contributed by atoms with Crippen molar-refractivity contribution in [2.75, 3.05) is 26.4 Å². The van der Waals surface area contributed by atoms with Gasteiger partial charge in [0.15, 0.2) is 18.9 Å². The molecule has 12 N–H and O–H groups in total. The fourth-order valence-corrected chi connectivity index (χ4v) is 13.8. The van der Waals surface area contributed by atoms with Gasteiger partial charge < -0.3 is 89.9 Å². The van der Waals surface area contributed by atoms with Gasteiger partial charge in [0.05, 0.1) is 38.6 Å². The van der Waals surface area contributed by atoms with Gasteiger partial charge in [-0.2, -0.15) is 0 Å². The molecule has 3 fully saturated rings. The molecular formula is C83H151NO18. The predicted molar refractivity (Wildman–Crippen MR) is 406 cm³/mol. The fourth-order valence-electron chi connectivity index (χ4n) is 13.8. The summed E-state index contributed by atoms with van der Waals surface area (Å²) in [4.78, 5) is 13.5. The van der Waals surface area contributed by atoms with E-state index < -0.39 is 124 Å². The summed E-state index contributed by atoms with van der Waals surface area (Å²) in [6, 6.07) is -0.998. The van der Waals surface area contributed by atoms with E-state index in [0.29, 0.717) is 12.8 Å². The fraction of sp³-hybridized carbons (Fsp3) is 0.867. The van der Waals surface area contributed by atoms with Crippen LogP contribution in [-0.4, -0.2) is 193 Å². The van der Waals surface area contributed by atoms with Crippen LogP contribution >= 0.6 is 0 Å². The van der Waals surface area contributed by atoms with Crippen molar-refractivity contribution in [3.8, 4) is 0 Å². The molecule has 0 aliphatic carbocycles. The molecule has 0 aromatic rings. The molecule has 3 aliphatic rings. The molecule has 0 bridgehead atoms. The molecule has 17 atom stereocenters. The highest BCUT2D eigenvalue weighted by Crippen LogP contribution is 2.33. The Kier molecular flexibility index (Phi) is 58.3. The van der Waals surface area contributed by atoms with Crippen LogP contribution in [0.25, 0.3) is 0 Å². The lowest BCUT2D eigenvalue weighted by Gasteiger charge is -2.48. The number of rotatable bonds is 66. The van der Waals surface area contributed by atoms with Gasteiger partial charge in [-0.1, -0.05) is 306 Å². The lowest BCUT2D eigenvalue weighted by atomic mass is 9.96. The highest BCUT2D eigenvalue weighted by molar-refractivity contribution is 5.76. The van der Waals surface area contributed by atoms with Crippen molar-refractivity contribution in [2.24, 2.45) is 0 Å². The van der Waals surface area contributed by atoms with E-state index in [9.17, 15) is 61.0 Å². The number of amides is 1. The summed E-state index contributed by atoms with van der Waals surface area (Å²) < 4.78 is 34.4. The zero-order valence-corrected chi connectivity index (χ0v) is 63.8. The normalized spacial score (nSPS) is 26.5. The maximum absolute atomic E-state index is 13.5. The molecule has 596 valence electrons. The second-order valence-electron chi connectivity index (χ2n) is 29.6. The van der Waals surface area contributed by atoms with E-state index >= 15 is 0 Å². The molecule has 0 spiro atoms. The first-order valence-electron chi connectivity index (χ1n) is 41.5. The summed E-state index contributed by atoms with van der Waals surface area (Å²) in [7, 11) is 0. The molecule has 3 aliphatic heterocycles. The SMILES string of the molecule is CCCCCCC/C=C\C/C=C\CCCCCCCCCCCCCCCCCCCCCCCCCCCC(=O)NC(COC1OC(CO)C(OC2OC(CO)C(OC3OC(CO)C(O)C(O)C3O)C(O)C2O)C(O)C1O)C(O)/C=C/CC/C=C/CC/C=C/CCCCCCCCCCCC. The average molecular weight is 1450 g/mol. The number of carbonyl (C=O) groups excluding carboxylic acids is 1. The lowest BCUT2D eigenvalue weighted by Crippen LogP contribution is -2.66. The van der Waals surface area contributed by atoms with E-state index in [2.05, 4.69) is 67.8 Å². The monoisotopic (exact) mass is 1450 g/mol. The summed E-state index contributed by atoms with van der Waals surface area (Å²) in [5, 5.41) is 121. The standard InChI is InChI=1S/C83H151NO18/c1-3-5-7-9-11-13-15-17-19-21-23-25-26-27-28-29-30-31-32-33-34-35-36-37-38-39-40-41-43-45-47-49-51-53-55-57-59-61-71(89)84-66(67(88)60-58-56-54-52-50-48-46-44-42-24-22-20-18-16-14-12-10-8-6-4-2)65-97-81-77(95)74(92)79(69(63-86)99-81)102-83-78(96)75(93)80(70(64-87)100-83)101-82-76(94)73(91)72(90)68(62-85)98-82/h15,17,21,23,42,44,50,52,58,60,66-70,72-83,85-88,90-96H,3-14,16,18-20,22,24-41,43,45-49,51,53-57,59,61-65H2,1-2H3,(H,84,89)/b17-15-,23-21-,44-42+,52-50+,60-58+. The van der Waals surface area contributed by atoms with Gasteiger partial charge in [0.25, 0.3) is 0 Å². The van der Waals surface area contributed by atoms with Crippen LogP contribution < -0.4 is 5.32 Å². The van der Waals surface area contributed by atoms with Crippen molar-refractivity contribution in [1.82, 2.24) is 5.32 Å². The van der Waals surface area contributed by atoms with Crippen LogP contribution in [0.15, 0.2) is 60.8 Å². The smallest absolute Gasteiger partial charge is 0.220 e. The Hall–Kier alpha value is -2.51. The van der Waals surface area contributed by atoms with Gasteiger partial charge in [0.1, 0.15) is 73.2 Å². The first-order valence-corrected chi connectivity index (χ1v) is 41.5. The number of ether oxygens (including phenoxy) is 6. The average Bonchev–Trinajstić information content (AvgIpc) is 0.778. The number of carbonyl (C=O) groups is 1. The van der Waals surface area contributed by atoms with Crippen LogP contribution in [0.4, 0.5) is 0 Å². The minimum absolute atomic E-state index is 0.234. The van der Waals surface area contributed by atoms with Crippen molar-refractivity contribution >= 4 is 5.91 Å². The van der Waals surface area contributed by atoms with E-state index in [1.54, 1.807) is 6.08 Å². The molecule has 3 rings (SSSR count). The number of hydrogen-bond donors (Lipinski definition) is 12. The van der Waals surface area contributed by atoms with Gasteiger partial charge in [-0.15, -0.1) is 0 Å². The minimum atomic E-state index is -1.98. The third kappa shape index (κ3) is 42.9. The van der Waals surface area contributed by atoms with Crippen LogP contribution in [0.3, 0.4) is 0 Å². The summed E-state index contributed by atoms with van der Waals surface area (Å²) in [6.07, 6.45) is 55.2. The first kappa shape index (κ1) is 93.7. The minimum Gasteiger partial charge on any atom is -0.394 e. The largest absolute Gasteiger partial charge is 0.394 e. The Morgan fingerprint density at radius 3 is 1.04 bits per heavy atom. The van der Waals surface area contributed by atoms with E-state index in [4.69, 9.17) is 28.4 Å². The Balaban J connectivity index is 1.33. The summed E-state index contributed by atoms with van der Waals surface area (Å²) >= 11 is 0. The van der Waals surface area contributed by atoms with E-state index in [1.165, 1.54) is 244 Å². The number of unbranched alkanes of at least 4 members (excludes halogenated alkanes) is 42. The summed E-state index contributed by atoms with van der Waals surface area (Å²) in [5.41, 5.74) is 0. The number of nitrogens with one attached hydrogen (secondary N) is 1. The van der Waals surface area contributed by atoms with Crippen molar-refractivity contribution in [1.29, 1.82) is 0 Å². The van der Waals surface area contributed by atoms with E-state index in [1.807, 2.05) is 6.08 Å². The number of hydrogen-bond acceptors (Lipinski definition) is 18.